The fourth-order valence-corrected chi connectivity index (χ4v) is 4.47. The number of carbonyl (C=O) groups excluding carboxylic acids is 1. The molecule has 0 spiro atoms. The first kappa shape index (κ1) is 19.0. The molecule has 1 amide bonds. The first-order chi connectivity index (χ1) is 13.2. The maximum atomic E-state index is 12.4. The standard InChI is InChI=1S/C21H22N2O3S/c1-25-17-10-8-14(12-18(17)26-2)9-11-20(24)23-21-16(13-22)15-6-4-3-5-7-19(15)27-21/h8-12H,3-7H2,1-2H3,(H,23,24). The van der Waals surface area contributed by atoms with E-state index >= 15 is 0 Å². The van der Waals surface area contributed by atoms with Crippen molar-refractivity contribution < 1.29 is 14.3 Å². The third-order valence-electron chi connectivity index (χ3n) is 4.60. The molecule has 0 radical (unpaired) electrons. The fourth-order valence-electron chi connectivity index (χ4n) is 3.23. The molecule has 6 heteroatoms. The molecular weight excluding hydrogens is 360 g/mol. The van der Waals surface area contributed by atoms with Crippen molar-refractivity contribution in [2.75, 3.05) is 19.5 Å². The number of aryl methyl sites for hydroxylation is 1. The number of thiophene rings is 1. The van der Waals surface area contributed by atoms with Gasteiger partial charge in [-0.2, -0.15) is 5.26 Å². The molecule has 0 atom stereocenters. The highest BCUT2D eigenvalue weighted by Gasteiger charge is 2.20. The zero-order valence-electron chi connectivity index (χ0n) is 15.5. The third-order valence-corrected chi connectivity index (χ3v) is 5.81. The minimum absolute atomic E-state index is 0.252. The Bertz CT molecular complexity index is 909. The van der Waals surface area contributed by atoms with Crippen LogP contribution in [0.25, 0.3) is 6.08 Å². The Labute approximate surface area is 163 Å². The van der Waals surface area contributed by atoms with Gasteiger partial charge >= 0.3 is 0 Å². The Morgan fingerprint density at radius 1 is 1.19 bits per heavy atom. The molecule has 1 aliphatic carbocycles. The summed E-state index contributed by atoms with van der Waals surface area (Å²) >= 11 is 1.54. The molecule has 2 aromatic rings. The number of fused-ring (bicyclic) bond motifs is 1. The Hall–Kier alpha value is -2.78. The van der Waals surface area contributed by atoms with Gasteiger partial charge in [0.25, 0.3) is 0 Å². The number of amides is 1. The van der Waals surface area contributed by atoms with E-state index in [0.29, 0.717) is 22.1 Å². The van der Waals surface area contributed by atoms with Crippen LogP contribution in [0.2, 0.25) is 0 Å². The van der Waals surface area contributed by atoms with E-state index in [9.17, 15) is 10.1 Å². The molecule has 1 aromatic heterocycles. The molecule has 5 nitrogen and oxygen atoms in total. The lowest BCUT2D eigenvalue weighted by atomic mass is 10.1. The van der Waals surface area contributed by atoms with E-state index in [1.165, 1.54) is 28.7 Å². The van der Waals surface area contributed by atoms with Gasteiger partial charge in [-0.25, -0.2) is 0 Å². The number of benzene rings is 1. The van der Waals surface area contributed by atoms with Gasteiger partial charge in [-0.05, 0) is 55.0 Å². The Balaban J connectivity index is 1.75. The van der Waals surface area contributed by atoms with Gasteiger partial charge in [-0.3, -0.25) is 4.79 Å². The molecule has 1 heterocycles. The van der Waals surface area contributed by atoms with Gasteiger partial charge in [0.1, 0.15) is 11.1 Å². The largest absolute Gasteiger partial charge is 0.493 e. The second-order valence-corrected chi connectivity index (χ2v) is 7.42. The van der Waals surface area contributed by atoms with Gasteiger partial charge in [0.2, 0.25) is 5.91 Å². The molecule has 0 fully saturated rings. The summed E-state index contributed by atoms with van der Waals surface area (Å²) in [6, 6.07) is 7.72. The first-order valence-electron chi connectivity index (χ1n) is 8.92. The van der Waals surface area contributed by atoms with E-state index in [1.54, 1.807) is 32.4 Å². The first-order valence-corrected chi connectivity index (χ1v) is 9.73. The summed E-state index contributed by atoms with van der Waals surface area (Å²) < 4.78 is 10.5. The van der Waals surface area contributed by atoms with E-state index in [0.717, 1.165) is 36.8 Å². The zero-order chi connectivity index (χ0) is 19.2. The van der Waals surface area contributed by atoms with Crippen LogP contribution in [-0.4, -0.2) is 20.1 Å². The number of hydrogen-bond acceptors (Lipinski definition) is 5. The van der Waals surface area contributed by atoms with Crippen LogP contribution < -0.4 is 14.8 Å². The molecule has 0 aliphatic heterocycles. The molecule has 3 rings (SSSR count). The Morgan fingerprint density at radius 3 is 2.70 bits per heavy atom. The molecular formula is C21H22N2O3S. The van der Waals surface area contributed by atoms with E-state index < -0.39 is 0 Å². The molecule has 0 bridgehead atoms. The van der Waals surface area contributed by atoms with Gasteiger partial charge in [-0.15, -0.1) is 11.3 Å². The Kier molecular flexibility index (Phi) is 6.15. The SMILES string of the molecule is COc1ccc(C=CC(=O)Nc2sc3c(c2C#N)CCCCC3)cc1OC. The quantitative estimate of drug-likeness (QED) is 0.608. The van der Waals surface area contributed by atoms with E-state index in [2.05, 4.69) is 11.4 Å². The lowest BCUT2D eigenvalue weighted by Crippen LogP contribution is -2.07. The summed E-state index contributed by atoms with van der Waals surface area (Å²) in [6.07, 6.45) is 8.53. The monoisotopic (exact) mass is 382 g/mol. The van der Waals surface area contributed by atoms with Crippen molar-refractivity contribution in [3.05, 3.63) is 45.8 Å². The predicted octanol–water partition coefficient (Wildman–Crippen LogP) is 4.56. The van der Waals surface area contributed by atoms with Crippen LogP contribution in [-0.2, 0) is 17.6 Å². The minimum Gasteiger partial charge on any atom is -0.493 e. The number of anilines is 1. The topological polar surface area (TPSA) is 71.3 Å². The van der Waals surface area contributed by atoms with Crippen LogP contribution in [0.4, 0.5) is 5.00 Å². The van der Waals surface area contributed by atoms with E-state index in [1.807, 2.05) is 6.07 Å². The van der Waals surface area contributed by atoms with Crippen molar-refractivity contribution in [2.45, 2.75) is 32.1 Å². The van der Waals surface area contributed by atoms with Gasteiger partial charge < -0.3 is 14.8 Å². The molecule has 1 aromatic carbocycles. The number of ether oxygens (including phenoxy) is 2. The number of methoxy groups -OCH3 is 2. The average molecular weight is 382 g/mol. The van der Waals surface area contributed by atoms with Gasteiger partial charge in [0.15, 0.2) is 11.5 Å². The van der Waals surface area contributed by atoms with E-state index in [4.69, 9.17) is 9.47 Å². The summed E-state index contributed by atoms with van der Waals surface area (Å²) in [5, 5.41) is 13.1. The van der Waals surface area contributed by atoms with Crippen molar-refractivity contribution in [1.29, 1.82) is 5.26 Å². The summed E-state index contributed by atoms with van der Waals surface area (Å²) in [6.45, 7) is 0. The third kappa shape index (κ3) is 4.32. The van der Waals surface area contributed by atoms with Crippen LogP contribution in [0.5, 0.6) is 11.5 Å². The summed E-state index contributed by atoms with van der Waals surface area (Å²) in [5.41, 5.74) is 2.58. The highest BCUT2D eigenvalue weighted by atomic mass is 32.1. The molecule has 0 saturated carbocycles. The maximum Gasteiger partial charge on any atom is 0.249 e. The number of carbonyl (C=O) groups is 1. The van der Waals surface area contributed by atoms with Gasteiger partial charge in [0.05, 0.1) is 19.8 Å². The molecule has 0 unspecified atom stereocenters. The fraction of sp³-hybridized carbons (Fsp3) is 0.333. The average Bonchev–Trinajstić information content (AvgIpc) is 2.85. The number of nitrogens with zero attached hydrogens (tertiary/aromatic N) is 1. The molecule has 1 aliphatic rings. The van der Waals surface area contributed by atoms with Crippen molar-refractivity contribution >= 4 is 28.3 Å². The lowest BCUT2D eigenvalue weighted by molar-refractivity contribution is -0.111. The van der Waals surface area contributed by atoms with Crippen LogP contribution in [0.1, 0.15) is 40.8 Å². The number of nitrogens with one attached hydrogen (secondary N) is 1. The van der Waals surface area contributed by atoms with E-state index in [-0.39, 0.29) is 5.91 Å². The number of hydrogen-bond donors (Lipinski definition) is 1. The zero-order valence-corrected chi connectivity index (χ0v) is 16.3. The molecule has 0 saturated heterocycles. The van der Waals surface area contributed by atoms with Crippen molar-refractivity contribution in [3.8, 4) is 17.6 Å². The van der Waals surface area contributed by atoms with Crippen molar-refractivity contribution in [1.82, 2.24) is 0 Å². The number of rotatable bonds is 5. The molecule has 27 heavy (non-hydrogen) atoms. The van der Waals surface area contributed by atoms with Crippen LogP contribution in [0.3, 0.4) is 0 Å². The normalized spacial score (nSPS) is 13.5. The predicted molar refractivity (Wildman–Crippen MR) is 108 cm³/mol. The maximum absolute atomic E-state index is 12.4. The second kappa shape index (κ2) is 8.74. The smallest absolute Gasteiger partial charge is 0.249 e. The summed E-state index contributed by atoms with van der Waals surface area (Å²) in [4.78, 5) is 13.6. The van der Waals surface area contributed by atoms with Crippen LogP contribution >= 0.6 is 11.3 Å². The molecule has 140 valence electrons. The van der Waals surface area contributed by atoms with Crippen molar-refractivity contribution in [2.24, 2.45) is 0 Å². The summed E-state index contributed by atoms with van der Waals surface area (Å²) in [7, 11) is 3.15. The Morgan fingerprint density at radius 2 is 1.96 bits per heavy atom. The summed E-state index contributed by atoms with van der Waals surface area (Å²) in [5.74, 6) is 0.990. The van der Waals surface area contributed by atoms with Crippen LogP contribution in [0, 0.1) is 11.3 Å². The van der Waals surface area contributed by atoms with Gasteiger partial charge in [0, 0.05) is 11.0 Å². The highest BCUT2D eigenvalue weighted by Crippen LogP contribution is 2.37. The lowest BCUT2D eigenvalue weighted by Gasteiger charge is -2.07. The second-order valence-electron chi connectivity index (χ2n) is 6.32. The highest BCUT2D eigenvalue weighted by molar-refractivity contribution is 7.16. The number of nitriles is 1. The molecule has 1 N–H and O–H groups in total. The minimum atomic E-state index is -0.252. The van der Waals surface area contributed by atoms with Gasteiger partial charge in [-0.1, -0.05) is 12.5 Å². The van der Waals surface area contributed by atoms with Crippen molar-refractivity contribution in [3.63, 3.8) is 0 Å². The van der Waals surface area contributed by atoms with Crippen LogP contribution in [0.15, 0.2) is 24.3 Å².